The SMILES string of the molecule is N[C@H]1CN(c2cc(-c3ccccc3Cl)ncn2)C[C@@H]1c1cc(F)c(F)cc1F. The molecule has 1 aliphatic heterocycles. The van der Waals surface area contributed by atoms with E-state index in [1.165, 1.54) is 6.33 Å². The van der Waals surface area contributed by atoms with Gasteiger partial charge in [0.2, 0.25) is 0 Å². The van der Waals surface area contributed by atoms with Crippen LogP contribution >= 0.6 is 11.6 Å². The van der Waals surface area contributed by atoms with Crippen LogP contribution in [0.3, 0.4) is 0 Å². The molecule has 3 aromatic rings. The molecule has 0 amide bonds. The third-order valence-corrected chi connectivity index (χ3v) is 5.26. The number of hydrogen-bond acceptors (Lipinski definition) is 4. The molecule has 8 heteroatoms. The third-order valence-electron chi connectivity index (χ3n) is 4.93. The second-order valence-corrected chi connectivity index (χ2v) is 7.11. The minimum absolute atomic E-state index is 0.0642. The average molecular weight is 405 g/mol. The lowest BCUT2D eigenvalue weighted by atomic mass is 9.94. The largest absolute Gasteiger partial charge is 0.354 e. The molecule has 0 aliphatic carbocycles. The Morgan fingerprint density at radius 3 is 2.50 bits per heavy atom. The number of hydrogen-bond donors (Lipinski definition) is 1. The van der Waals surface area contributed by atoms with Crippen molar-refractivity contribution in [3.05, 3.63) is 76.8 Å². The second-order valence-electron chi connectivity index (χ2n) is 6.70. The first kappa shape index (κ1) is 18.7. The number of nitrogens with two attached hydrogens (primary N) is 1. The van der Waals surface area contributed by atoms with Gasteiger partial charge < -0.3 is 10.6 Å². The fraction of sp³-hybridized carbons (Fsp3) is 0.200. The first-order chi connectivity index (χ1) is 13.4. The molecule has 0 radical (unpaired) electrons. The van der Waals surface area contributed by atoms with Gasteiger partial charge in [-0.1, -0.05) is 29.8 Å². The molecule has 2 heterocycles. The van der Waals surface area contributed by atoms with Crippen molar-refractivity contribution in [3.63, 3.8) is 0 Å². The lowest BCUT2D eigenvalue weighted by molar-refractivity contribution is 0.482. The molecular weight excluding hydrogens is 389 g/mol. The minimum atomic E-state index is -1.22. The van der Waals surface area contributed by atoms with Gasteiger partial charge in [-0.2, -0.15) is 0 Å². The van der Waals surface area contributed by atoms with Crippen LogP contribution < -0.4 is 10.6 Å². The lowest BCUT2D eigenvalue weighted by Gasteiger charge is -2.18. The molecule has 4 rings (SSSR count). The van der Waals surface area contributed by atoms with E-state index in [4.69, 9.17) is 17.3 Å². The summed E-state index contributed by atoms with van der Waals surface area (Å²) in [6, 6.07) is 10.1. The van der Waals surface area contributed by atoms with E-state index >= 15 is 0 Å². The fourth-order valence-corrected chi connectivity index (χ4v) is 3.74. The van der Waals surface area contributed by atoms with Crippen LogP contribution in [-0.4, -0.2) is 29.1 Å². The van der Waals surface area contributed by atoms with Crippen molar-refractivity contribution in [1.29, 1.82) is 0 Å². The first-order valence-electron chi connectivity index (χ1n) is 8.66. The standard InChI is InChI=1S/C20H16ClF3N4/c21-14-4-2-1-3-11(14)19-7-20(27-10-26-19)28-8-13(18(25)9-28)12-5-16(23)17(24)6-15(12)22/h1-7,10,13,18H,8-9,25H2/t13-,18+/m1/s1. The van der Waals surface area contributed by atoms with Crippen molar-refractivity contribution in [3.8, 4) is 11.3 Å². The summed E-state index contributed by atoms with van der Waals surface area (Å²) in [5, 5.41) is 0.562. The fourth-order valence-electron chi connectivity index (χ4n) is 3.50. The zero-order chi connectivity index (χ0) is 19.8. The number of halogens is 4. The van der Waals surface area contributed by atoms with E-state index in [9.17, 15) is 13.2 Å². The zero-order valence-corrected chi connectivity index (χ0v) is 15.4. The van der Waals surface area contributed by atoms with E-state index < -0.39 is 29.4 Å². The summed E-state index contributed by atoms with van der Waals surface area (Å²) in [6.45, 7) is 0.713. The Morgan fingerprint density at radius 1 is 0.964 bits per heavy atom. The Hall–Kier alpha value is -2.64. The predicted octanol–water partition coefficient (Wildman–Crippen LogP) is 4.15. The normalized spacial score (nSPS) is 19.2. The van der Waals surface area contributed by atoms with E-state index in [0.717, 1.165) is 11.6 Å². The second kappa shape index (κ2) is 7.41. The van der Waals surface area contributed by atoms with Gasteiger partial charge >= 0.3 is 0 Å². The topological polar surface area (TPSA) is 55.0 Å². The van der Waals surface area contributed by atoms with Crippen LogP contribution in [0.5, 0.6) is 0 Å². The lowest BCUT2D eigenvalue weighted by Crippen LogP contribution is -2.29. The number of rotatable bonds is 3. The molecule has 1 fully saturated rings. The highest BCUT2D eigenvalue weighted by Gasteiger charge is 2.34. The minimum Gasteiger partial charge on any atom is -0.354 e. The Bertz CT molecular complexity index is 1030. The van der Waals surface area contributed by atoms with Crippen LogP contribution in [0.1, 0.15) is 11.5 Å². The van der Waals surface area contributed by atoms with Gasteiger partial charge in [0.1, 0.15) is 18.0 Å². The van der Waals surface area contributed by atoms with Gasteiger partial charge in [-0.3, -0.25) is 0 Å². The van der Waals surface area contributed by atoms with Crippen LogP contribution in [0.15, 0.2) is 48.8 Å². The van der Waals surface area contributed by atoms with Crippen LogP contribution in [0.4, 0.5) is 19.0 Å². The van der Waals surface area contributed by atoms with Crippen LogP contribution in [0.2, 0.25) is 5.02 Å². The molecular formula is C20H16ClF3N4. The molecule has 28 heavy (non-hydrogen) atoms. The predicted molar refractivity (Wildman–Crippen MR) is 102 cm³/mol. The van der Waals surface area contributed by atoms with Gasteiger partial charge in [-0.25, -0.2) is 23.1 Å². The van der Waals surface area contributed by atoms with Gasteiger partial charge in [0.05, 0.1) is 5.69 Å². The Kier molecular flexibility index (Phi) is 4.95. The molecule has 1 aliphatic rings. The summed E-state index contributed by atoms with van der Waals surface area (Å²) in [6.07, 6.45) is 1.42. The first-order valence-corrected chi connectivity index (χ1v) is 9.03. The van der Waals surface area contributed by atoms with E-state index in [2.05, 4.69) is 9.97 Å². The summed E-state index contributed by atoms with van der Waals surface area (Å²) >= 11 is 6.24. The van der Waals surface area contributed by atoms with Crippen LogP contribution in [0, 0.1) is 17.5 Å². The van der Waals surface area contributed by atoms with Crippen molar-refractivity contribution in [1.82, 2.24) is 9.97 Å². The number of aromatic nitrogens is 2. The van der Waals surface area contributed by atoms with E-state index in [0.29, 0.717) is 35.7 Å². The smallest absolute Gasteiger partial charge is 0.161 e. The molecule has 0 saturated carbocycles. The molecule has 2 atom stereocenters. The molecule has 4 nitrogen and oxygen atoms in total. The van der Waals surface area contributed by atoms with Gasteiger partial charge in [-0.05, 0) is 17.7 Å². The van der Waals surface area contributed by atoms with Gasteiger partial charge in [0.25, 0.3) is 0 Å². The summed E-state index contributed by atoms with van der Waals surface area (Å²) in [4.78, 5) is 10.4. The molecule has 144 valence electrons. The maximum atomic E-state index is 14.2. The number of nitrogens with zero attached hydrogens (tertiary/aromatic N) is 3. The van der Waals surface area contributed by atoms with Crippen molar-refractivity contribution in [2.24, 2.45) is 5.73 Å². The van der Waals surface area contributed by atoms with Gasteiger partial charge in [0, 0.05) is 47.8 Å². The molecule has 2 aromatic carbocycles. The highest BCUT2D eigenvalue weighted by atomic mass is 35.5. The Balaban J connectivity index is 1.63. The van der Waals surface area contributed by atoms with Crippen molar-refractivity contribution in [2.75, 3.05) is 18.0 Å². The highest BCUT2D eigenvalue weighted by Crippen LogP contribution is 2.33. The van der Waals surface area contributed by atoms with E-state index in [1.54, 1.807) is 12.1 Å². The van der Waals surface area contributed by atoms with Crippen molar-refractivity contribution in [2.45, 2.75) is 12.0 Å². The van der Waals surface area contributed by atoms with Crippen LogP contribution in [-0.2, 0) is 0 Å². The molecule has 0 bridgehead atoms. The summed E-state index contributed by atoms with van der Waals surface area (Å²) in [7, 11) is 0. The Labute approximate surface area is 164 Å². The van der Waals surface area contributed by atoms with Gasteiger partial charge in [-0.15, -0.1) is 0 Å². The average Bonchev–Trinajstić information content (AvgIpc) is 3.07. The Morgan fingerprint density at radius 2 is 1.71 bits per heavy atom. The maximum Gasteiger partial charge on any atom is 0.161 e. The molecule has 2 N–H and O–H groups in total. The van der Waals surface area contributed by atoms with E-state index in [1.807, 2.05) is 23.1 Å². The summed E-state index contributed by atoms with van der Waals surface area (Å²) in [5.74, 6) is -3.00. The number of benzene rings is 2. The maximum absolute atomic E-state index is 14.2. The third kappa shape index (κ3) is 3.43. The molecule has 0 spiro atoms. The van der Waals surface area contributed by atoms with E-state index in [-0.39, 0.29) is 5.56 Å². The highest BCUT2D eigenvalue weighted by molar-refractivity contribution is 6.33. The summed E-state index contributed by atoms with van der Waals surface area (Å²) in [5.41, 5.74) is 7.65. The monoisotopic (exact) mass is 404 g/mol. The van der Waals surface area contributed by atoms with Gasteiger partial charge in [0.15, 0.2) is 11.6 Å². The molecule has 0 unspecified atom stereocenters. The number of anilines is 1. The van der Waals surface area contributed by atoms with Crippen molar-refractivity contribution >= 4 is 17.4 Å². The van der Waals surface area contributed by atoms with Crippen LogP contribution in [0.25, 0.3) is 11.3 Å². The zero-order valence-electron chi connectivity index (χ0n) is 14.6. The molecule has 1 saturated heterocycles. The van der Waals surface area contributed by atoms with Crippen molar-refractivity contribution < 1.29 is 13.2 Å². The quantitative estimate of drug-likeness (QED) is 0.666. The molecule has 1 aromatic heterocycles. The summed E-state index contributed by atoms with van der Waals surface area (Å²) < 4.78 is 41.0.